The van der Waals surface area contributed by atoms with E-state index in [-0.39, 0.29) is 0 Å². The van der Waals surface area contributed by atoms with Crippen molar-refractivity contribution < 1.29 is 4.74 Å². The second-order valence-electron chi connectivity index (χ2n) is 4.20. The van der Waals surface area contributed by atoms with Crippen molar-refractivity contribution in [1.82, 2.24) is 0 Å². The molecule has 16 heavy (non-hydrogen) atoms. The highest BCUT2D eigenvalue weighted by Gasteiger charge is 1.99. The fourth-order valence-corrected chi connectivity index (χ4v) is 1.70. The summed E-state index contributed by atoms with van der Waals surface area (Å²) < 4.78 is 5.68. The Morgan fingerprint density at radius 3 is 2.12 bits per heavy atom. The summed E-state index contributed by atoms with van der Waals surface area (Å²) in [6, 6.07) is 0. The van der Waals surface area contributed by atoms with Crippen molar-refractivity contribution >= 4 is 0 Å². The molecule has 1 heteroatoms. The van der Waals surface area contributed by atoms with Crippen molar-refractivity contribution in [2.75, 3.05) is 13.2 Å². The van der Waals surface area contributed by atoms with Crippen molar-refractivity contribution in [2.45, 2.75) is 52.9 Å². The van der Waals surface area contributed by atoms with E-state index in [9.17, 15) is 0 Å². The van der Waals surface area contributed by atoms with Gasteiger partial charge in [-0.25, -0.2) is 0 Å². The molecule has 0 fully saturated rings. The first-order chi connectivity index (χ1) is 7.85. The molecule has 0 aliphatic heterocycles. The zero-order chi connectivity index (χ0) is 12.1. The van der Waals surface area contributed by atoms with Crippen molar-refractivity contribution in [3.05, 3.63) is 24.3 Å². The Kier molecular flexibility index (Phi) is 12.1. The van der Waals surface area contributed by atoms with Gasteiger partial charge >= 0.3 is 0 Å². The summed E-state index contributed by atoms with van der Waals surface area (Å²) in [6.07, 6.45) is 15.1. The summed E-state index contributed by atoms with van der Waals surface area (Å²) in [6.45, 7) is 8.09. The van der Waals surface area contributed by atoms with Gasteiger partial charge in [0.15, 0.2) is 0 Å². The molecule has 0 saturated carbocycles. The van der Waals surface area contributed by atoms with E-state index < -0.39 is 0 Å². The van der Waals surface area contributed by atoms with Gasteiger partial charge in [0.1, 0.15) is 0 Å². The number of hydrogen-bond donors (Lipinski definition) is 0. The van der Waals surface area contributed by atoms with Gasteiger partial charge in [-0.2, -0.15) is 0 Å². The minimum atomic E-state index is 0.450. The second-order valence-corrected chi connectivity index (χ2v) is 4.20. The van der Waals surface area contributed by atoms with Gasteiger partial charge in [-0.1, -0.05) is 56.9 Å². The Labute approximate surface area is 102 Å². The van der Waals surface area contributed by atoms with Crippen LogP contribution in [0.2, 0.25) is 0 Å². The van der Waals surface area contributed by atoms with Crippen molar-refractivity contribution in [1.29, 1.82) is 0 Å². The molecular weight excluding hydrogens is 196 g/mol. The van der Waals surface area contributed by atoms with Gasteiger partial charge in [0.2, 0.25) is 0 Å². The molecule has 0 aromatic carbocycles. The Bertz CT molecular complexity index is 170. The van der Waals surface area contributed by atoms with Gasteiger partial charge in [0.05, 0.1) is 6.61 Å². The third kappa shape index (κ3) is 9.97. The fraction of sp³-hybridized carbons (Fsp3) is 0.733. The SMILES string of the molecule is CC=CC(C=CC)COCCCCCCC. The highest BCUT2D eigenvalue weighted by Crippen LogP contribution is 2.05. The van der Waals surface area contributed by atoms with Gasteiger partial charge in [0, 0.05) is 12.5 Å². The quantitative estimate of drug-likeness (QED) is 0.384. The molecule has 0 heterocycles. The maximum atomic E-state index is 5.68. The Hall–Kier alpha value is -0.560. The molecule has 0 aliphatic carbocycles. The lowest BCUT2D eigenvalue weighted by molar-refractivity contribution is 0.119. The first-order valence-electron chi connectivity index (χ1n) is 6.68. The minimum Gasteiger partial charge on any atom is -0.381 e. The third-order valence-electron chi connectivity index (χ3n) is 2.58. The molecular formula is C15H28O. The number of allylic oxidation sites excluding steroid dienone is 2. The van der Waals surface area contributed by atoms with E-state index in [1.807, 2.05) is 0 Å². The smallest absolute Gasteiger partial charge is 0.0563 e. The predicted octanol–water partition coefficient (Wildman–Crippen LogP) is 4.74. The molecule has 0 bridgehead atoms. The van der Waals surface area contributed by atoms with E-state index >= 15 is 0 Å². The zero-order valence-electron chi connectivity index (χ0n) is 11.2. The van der Waals surface area contributed by atoms with E-state index in [1.165, 1.54) is 32.1 Å². The van der Waals surface area contributed by atoms with Gasteiger partial charge in [-0.3, -0.25) is 0 Å². The lowest BCUT2D eigenvalue weighted by atomic mass is 10.1. The van der Waals surface area contributed by atoms with E-state index in [1.54, 1.807) is 0 Å². The molecule has 0 aromatic rings. The van der Waals surface area contributed by atoms with Crippen LogP contribution < -0.4 is 0 Å². The normalized spacial score (nSPS) is 13.9. The monoisotopic (exact) mass is 224 g/mol. The maximum Gasteiger partial charge on any atom is 0.0563 e. The topological polar surface area (TPSA) is 9.23 Å². The zero-order valence-corrected chi connectivity index (χ0v) is 11.2. The Balaban J connectivity index is 3.40. The van der Waals surface area contributed by atoms with Gasteiger partial charge in [-0.15, -0.1) is 0 Å². The Morgan fingerprint density at radius 1 is 0.938 bits per heavy atom. The average molecular weight is 224 g/mol. The molecule has 0 aromatic heterocycles. The predicted molar refractivity (Wildman–Crippen MR) is 72.7 cm³/mol. The summed E-state index contributed by atoms with van der Waals surface area (Å²) >= 11 is 0. The minimum absolute atomic E-state index is 0.450. The summed E-state index contributed by atoms with van der Waals surface area (Å²) in [7, 11) is 0. The number of unbranched alkanes of at least 4 members (excludes halogenated alkanes) is 4. The van der Waals surface area contributed by atoms with E-state index in [0.717, 1.165) is 13.2 Å². The molecule has 0 aliphatic rings. The van der Waals surface area contributed by atoms with Crippen LogP contribution in [-0.2, 0) is 4.74 Å². The lowest BCUT2D eigenvalue weighted by Crippen LogP contribution is -2.05. The summed E-state index contributed by atoms with van der Waals surface area (Å²) in [4.78, 5) is 0. The summed E-state index contributed by atoms with van der Waals surface area (Å²) in [5.74, 6) is 0.450. The molecule has 0 unspecified atom stereocenters. The van der Waals surface area contributed by atoms with Gasteiger partial charge < -0.3 is 4.74 Å². The van der Waals surface area contributed by atoms with Gasteiger partial charge in [-0.05, 0) is 20.3 Å². The average Bonchev–Trinajstić information content (AvgIpc) is 2.28. The number of rotatable bonds is 10. The van der Waals surface area contributed by atoms with E-state index in [4.69, 9.17) is 4.74 Å². The lowest BCUT2D eigenvalue weighted by Gasteiger charge is -2.08. The third-order valence-corrected chi connectivity index (χ3v) is 2.58. The molecule has 0 atom stereocenters. The standard InChI is InChI=1S/C15H28O/c1-4-7-8-9-10-13-16-14-15(11-5-2)12-6-3/h5-6,11-12,15H,4,7-10,13-14H2,1-3H3. The molecule has 0 amide bonds. The maximum absolute atomic E-state index is 5.68. The molecule has 1 nitrogen and oxygen atoms in total. The van der Waals surface area contributed by atoms with Crippen LogP contribution in [0.25, 0.3) is 0 Å². The van der Waals surface area contributed by atoms with Crippen molar-refractivity contribution in [3.8, 4) is 0 Å². The number of hydrogen-bond acceptors (Lipinski definition) is 1. The molecule has 0 saturated heterocycles. The Morgan fingerprint density at radius 2 is 1.56 bits per heavy atom. The molecule has 0 radical (unpaired) electrons. The van der Waals surface area contributed by atoms with Crippen LogP contribution >= 0.6 is 0 Å². The van der Waals surface area contributed by atoms with Crippen LogP contribution in [0, 0.1) is 5.92 Å². The molecule has 94 valence electrons. The highest BCUT2D eigenvalue weighted by atomic mass is 16.5. The number of ether oxygens (including phenoxy) is 1. The molecule has 0 N–H and O–H groups in total. The molecule has 0 spiro atoms. The first kappa shape index (κ1) is 15.4. The first-order valence-corrected chi connectivity index (χ1v) is 6.68. The van der Waals surface area contributed by atoms with Crippen LogP contribution in [0.4, 0.5) is 0 Å². The van der Waals surface area contributed by atoms with Crippen LogP contribution in [0.5, 0.6) is 0 Å². The van der Waals surface area contributed by atoms with Crippen LogP contribution in [0.15, 0.2) is 24.3 Å². The largest absolute Gasteiger partial charge is 0.381 e. The van der Waals surface area contributed by atoms with Crippen LogP contribution in [0.1, 0.15) is 52.9 Å². The van der Waals surface area contributed by atoms with Crippen molar-refractivity contribution in [3.63, 3.8) is 0 Å². The van der Waals surface area contributed by atoms with Crippen LogP contribution in [-0.4, -0.2) is 13.2 Å². The molecule has 0 rings (SSSR count). The summed E-state index contributed by atoms with van der Waals surface area (Å²) in [5, 5.41) is 0. The van der Waals surface area contributed by atoms with Gasteiger partial charge in [0.25, 0.3) is 0 Å². The van der Waals surface area contributed by atoms with Crippen molar-refractivity contribution in [2.24, 2.45) is 5.92 Å². The van der Waals surface area contributed by atoms with E-state index in [0.29, 0.717) is 5.92 Å². The van der Waals surface area contributed by atoms with E-state index in [2.05, 4.69) is 45.1 Å². The van der Waals surface area contributed by atoms with Crippen LogP contribution in [0.3, 0.4) is 0 Å². The summed E-state index contributed by atoms with van der Waals surface area (Å²) in [5.41, 5.74) is 0. The second kappa shape index (κ2) is 12.5. The fourth-order valence-electron chi connectivity index (χ4n) is 1.70. The highest BCUT2D eigenvalue weighted by molar-refractivity contribution is 4.98.